The van der Waals surface area contributed by atoms with Gasteiger partial charge in [-0.1, -0.05) is 76.3 Å². The number of unbranched alkanes of at least 4 members (excludes halogenated alkanes) is 9. The molecule has 2 heterocycles. The van der Waals surface area contributed by atoms with Crippen molar-refractivity contribution < 1.29 is 38.4 Å². The van der Waals surface area contributed by atoms with Crippen LogP contribution in [-0.2, 0) is 45.7 Å². The van der Waals surface area contributed by atoms with Crippen LogP contribution in [0.15, 0.2) is 0 Å². The van der Waals surface area contributed by atoms with Gasteiger partial charge in [-0.3, -0.25) is 14.4 Å². The number of hydrogen-bond donors (Lipinski definition) is 1. The Labute approximate surface area is 237 Å². The molecule has 2 rings (SSSR count). The second kappa shape index (κ2) is 17.0. The molecule has 1 aromatic heterocycles. The molecule has 0 amide bonds. The van der Waals surface area contributed by atoms with Crippen LogP contribution in [0.5, 0.6) is 0 Å². The molecule has 1 N–H and O–H groups in total. The first-order chi connectivity index (χ1) is 19.1. The van der Waals surface area contributed by atoms with Gasteiger partial charge in [0.2, 0.25) is 6.10 Å². The number of aliphatic hydroxyl groups is 1. The van der Waals surface area contributed by atoms with E-state index in [1.54, 1.807) is 0 Å². The summed E-state index contributed by atoms with van der Waals surface area (Å²) in [7, 11) is 0. The van der Waals surface area contributed by atoms with E-state index in [4.69, 9.17) is 18.9 Å². The van der Waals surface area contributed by atoms with E-state index in [1.807, 2.05) is 0 Å². The summed E-state index contributed by atoms with van der Waals surface area (Å²) in [5.41, 5.74) is 0.916. The van der Waals surface area contributed by atoms with Gasteiger partial charge >= 0.3 is 23.8 Å². The zero-order valence-electron chi connectivity index (χ0n) is 24.6. The first-order valence-electron chi connectivity index (χ1n) is 14.5. The van der Waals surface area contributed by atoms with Crippen LogP contribution in [-0.4, -0.2) is 62.9 Å². The lowest BCUT2D eigenvalue weighted by Gasteiger charge is -2.29. The largest absolute Gasteiger partial charge is 0.463 e. The van der Waals surface area contributed by atoms with E-state index >= 15 is 0 Å². The van der Waals surface area contributed by atoms with Crippen LogP contribution in [0.1, 0.15) is 117 Å². The van der Waals surface area contributed by atoms with E-state index in [9.17, 15) is 19.5 Å². The maximum atomic E-state index is 12.1. The molecule has 1 aromatic rings. The number of hydrogen-bond acceptors (Lipinski definition) is 10. The molecule has 0 saturated carbocycles. The molecule has 0 aliphatic carbocycles. The van der Waals surface area contributed by atoms with Crippen molar-refractivity contribution in [1.82, 2.24) is 15.0 Å². The molecule has 40 heavy (non-hydrogen) atoms. The highest BCUT2D eigenvalue weighted by Crippen LogP contribution is 2.38. The molecule has 0 spiro atoms. The molecule has 0 radical (unpaired) electrons. The van der Waals surface area contributed by atoms with E-state index in [1.165, 1.54) is 20.3 Å². The van der Waals surface area contributed by atoms with Crippen LogP contribution < -0.4 is 0 Å². The normalized spacial score (nSPS) is 21.9. The van der Waals surface area contributed by atoms with Gasteiger partial charge in [-0.15, -0.1) is 5.10 Å². The molecule has 11 heteroatoms. The minimum atomic E-state index is -2.42. The summed E-state index contributed by atoms with van der Waals surface area (Å²) in [5, 5.41) is 20.4. The van der Waals surface area contributed by atoms with E-state index in [0.717, 1.165) is 69.4 Å². The number of carbonyl (C=O) groups is 3. The summed E-state index contributed by atoms with van der Waals surface area (Å²) in [4.78, 5) is 35.5. The van der Waals surface area contributed by atoms with Gasteiger partial charge in [-0.25, -0.2) is 0 Å². The van der Waals surface area contributed by atoms with Gasteiger partial charge in [0.1, 0.15) is 18.4 Å². The Morgan fingerprint density at radius 2 is 1.55 bits per heavy atom. The third-order valence-corrected chi connectivity index (χ3v) is 6.58. The van der Waals surface area contributed by atoms with Crippen molar-refractivity contribution in [2.75, 3.05) is 6.61 Å². The number of ether oxygens (including phenoxy) is 4. The van der Waals surface area contributed by atoms with Crippen molar-refractivity contribution >= 4 is 17.9 Å². The molecule has 0 unspecified atom stereocenters. The van der Waals surface area contributed by atoms with Gasteiger partial charge in [0.05, 0.1) is 5.69 Å². The van der Waals surface area contributed by atoms with Gasteiger partial charge in [0.15, 0.2) is 6.10 Å². The van der Waals surface area contributed by atoms with Gasteiger partial charge in [0, 0.05) is 27.2 Å². The fraction of sp³-hybridized carbons (Fsp3) is 0.759. The molecule has 0 bridgehead atoms. The van der Waals surface area contributed by atoms with Crippen LogP contribution in [0, 0.1) is 11.8 Å². The Morgan fingerprint density at radius 3 is 2.15 bits per heavy atom. The molecule has 1 saturated heterocycles. The zero-order chi connectivity index (χ0) is 29.5. The number of aryl methyl sites for hydroxylation is 1. The summed E-state index contributed by atoms with van der Waals surface area (Å²) in [6, 6.07) is 0. The van der Waals surface area contributed by atoms with Crippen molar-refractivity contribution in [3.8, 4) is 11.8 Å². The second-order valence-electron chi connectivity index (χ2n) is 10.1. The molecule has 11 nitrogen and oxygen atoms in total. The van der Waals surface area contributed by atoms with E-state index in [-0.39, 0.29) is 6.61 Å². The van der Waals surface area contributed by atoms with Crippen molar-refractivity contribution in [3.05, 3.63) is 11.4 Å². The molecular weight excluding hydrogens is 518 g/mol. The third kappa shape index (κ3) is 9.89. The first kappa shape index (κ1) is 33.2. The Morgan fingerprint density at radius 1 is 0.925 bits per heavy atom. The number of rotatable bonds is 16. The lowest BCUT2D eigenvalue weighted by molar-refractivity contribution is -0.298. The quantitative estimate of drug-likeness (QED) is 0.136. The predicted octanol–water partition coefficient (Wildman–Crippen LogP) is 3.93. The van der Waals surface area contributed by atoms with Crippen LogP contribution >= 0.6 is 0 Å². The Hall–Kier alpha value is -2.97. The summed E-state index contributed by atoms with van der Waals surface area (Å²) in [5.74, 6) is 1.83. The van der Waals surface area contributed by atoms with Gasteiger partial charge in [0.25, 0.3) is 0 Å². The molecule has 4 atom stereocenters. The van der Waals surface area contributed by atoms with Gasteiger partial charge in [-0.05, 0) is 25.2 Å². The average molecular weight is 564 g/mol. The molecule has 1 aliphatic heterocycles. The Bertz CT molecular complexity index is 1030. The molecule has 1 aliphatic rings. The fourth-order valence-electron chi connectivity index (χ4n) is 4.61. The highest BCUT2D eigenvalue weighted by molar-refractivity contribution is 5.68. The monoisotopic (exact) mass is 563 g/mol. The van der Waals surface area contributed by atoms with E-state index in [2.05, 4.69) is 36.0 Å². The highest BCUT2D eigenvalue weighted by atomic mass is 16.7. The second-order valence-corrected chi connectivity index (χ2v) is 10.1. The maximum absolute atomic E-state index is 12.1. The predicted molar refractivity (Wildman–Crippen MR) is 146 cm³/mol. The van der Waals surface area contributed by atoms with E-state index < -0.39 is 42.1 Å². The summed E-state index contributed by atoms with van der Waals surface area (Å²) >= 11 is 0. The lowest BCUT2D eigenvalue weighted by Crippen LogP contribution is -2.50. The molecule has 0 aromatic carbocycles. The standard InChI is InChI=1S/C29H45N3O8/c1-6-8-10-12-13-15-17-19-25-24(18-16-14-11-9-7-2)30-31-32(25)29(36)28(39-23(5)35)27(38-22(4)34)26(40-29)20-37-21(3)33/h26-28,36H,6-16,18,20H2,1-5H3/t26-,27-,28-,29+/m1/s1. The van der Waals surface area contributed by atoms with Gasteiger partial charge in [-0.2, -0.15) is 4.68 Å². The number of carbonyl (C=O) groups excluding carboxylic acids is 3. The third-order valence-electron chi connectivity index (χ3n) is 6.58. The van der Waals surface area contributed by atoms with Crippen molar-refractivity contribution in [2.45, 2.75) is 136 Å². The highest BCUT2D eigenvalue weighted by Gasteiger charge is 2.62. The summed E-state index contributed by atoms with van der Waals surface area (Å²) in [6.07, 6.45) is 8.06. The number of aromatic nitrogens is 3. The van der Waals surface area contributed by atoms with Crippen LogP contribution in [0.4, 0.5) is 0 Å². The topological polar surface area (TPSA) is 139 Å². The Kier molecular flexibility index (Phi) is 14.1. The zero-order valence-corrected chi connectivity index (χ0v) is 24.6. The minimum absolute atomic E-state index is 0.332. The SMILES string of the molecule is CCCCCCCC#Cc1c(CCCCCCC)nnn1[C@@]1(O)O[C@H](COC(C)=O)[C@@H](OC(C)=O)[C@H]1OC(C)=O. The fourth-order valence-corrected chi connectivity index (χ4v) is 4.61. The maximum Gasteiger partial charge on any atom is 0.314 e. The van der Waals surface area contributed by atoms with Crippen LogP contribution in [0.2, 0.25) is 0 Å². The van der Waals surface area contributed by atoms with E-state index in [0.29, 0.717) is 24.2 Å². The van der Waals surface area contributed by atoms with Crippen LogP contribution in [0.25, 0.3) is 0 Å². The smallest absolute Gasteiger partial charge is 0.314 e. The van der Waals surface area contributed by atoms with Crippen molar-refractivity contribution in [3.63, 3.8) is 0 Å². The lowest BCUT2D eigenvalue weighted by atomic mass is 10.1. The molecule has 1 fully saturated rings. The van der Waals surface area contributed by atoms with Gasteiger partial charge < -0.3 is 24.1 Å². The molecule has 224 valence electrons. The first-order valence-corrected chi connectivity index (χ1v) is 14.5. The van der Waals surface area contributed by atoms with Crippen molar-refractivity contribution in [1.29, 1.82) is 0 Å². The average Bonchev–Trinajstić information content (AvgIpc) is 3.41. The summed E-state index contributed by atoms with van der Waals surface area (Å²) < 4.78 is 22.9. The van der Waals surface area contributed by atoms with Crippen LogP contribution in [0.3, 0.4) is 0 Å². The summed E-state index contributed by atoms with van der Waals surface area (Å²) in [6.45, 7) is 7.51. The minimum Gasteiger partial charge on any atom is -0.463 e. The molecular formula is C29H45N3O8. The Balaban J connectivity index is 2.45. The van der Waals surface area contributed by atoms with Crippen molar-refractivity contribution in [2.24, 2.45) is 0 Å². The number of esters is 3. The number of nitrogens with zero attached hydrogens (tertiary/aromatic N) is 3.